The summed E-state index contributed by atoms with van der Waals surface area (Å²) >= 11 is 0. The zero-order chi connectivity index (χ0) is 61.0. The highest BCUT2D eigenvalue weighted by molar-refractivity contribution is 7.47. The number of ether oxygens (including phenoxy) is 3. The zero-order valence-electron chi connectivity index (χ0n) is 51.3. The zero-order valence-corrected chi connectivity index (χ0v) is 53.1. The number of rotatable bonds is 59. The van der Waals surface area contributed by atoms with Crippen molar-refractivity contribution in [1.82, 2.24) is 0 Å². The third-order valence-electron chi connectivity index (χ3n) is 12.8. The summed E-state index contributed by atoms with van der Waals surface area (Å²) in [5.41, 5.74) is 0. The smallest absolute Gasteiger partial charge is 0.463 e. The molecule has 4 N–H and O–H groups in total. The first kappa shape index (κ1) is 79.5. The number of aliphatic hydroxyl groups is 2. The van der Waals surface area contributed by atoms with Crippen LogP contribution in [-0.4, -0.2) is 95.9 Å². The van der Waals surface area contributed by atoms with Crippen LogP contribution in [0.4, 0.5) is 0 Å². The summed E-state index contributed by atoms with van der Waals surface area (Å²) < 4.78 is 60.7. The minimum absolute atomic E-state index is 0.0893. The predicted molar refractivity (Wildman–Crippen MR) is 334 cm³/mol. The van der Waals surface area contributed by atoms with Gasteiger partial charge in [0.15, 0.2) is 6.10 Å². The Morgan fingerprint density at radius 3 is 1.02 bits per heavy atom. The molecule has 16 nitrogen and oxygen atoms in total. The van der Waals surface area contributed by atoms with E-state index in [0.29, 0.717) is 19.3 Å². The molecule has 478 valence electrons. The first-order chi connectivity index (χ1) is 40.2. The Balaban J connectivity index is 4.74. The van der Waals surface area contributed by atoms with E-state index in [0.717, 1.165) is 141 Å². The molecule has 0 amide bonds. The van der Waals surface area contributed by atoms with Crippen molar-refractivity contribution in [3.8, 4) is 0 Å². The van der Waals surface area contributed by atoms with Gasteiger partial charge in [-0.2, -0.15) is 0 Å². The molecule has 0 aromatic carbocycles. The number of carbonyl (C=O) groups excluding carboxylic acids is 3. The molecule has 0 rings (SSSR count). The van der Waals surface area contributed by atoms with Crippen LogP contribution in [-0.2, 0) is 55.8 Å². The van der Waals surface area contributed by atoms with Gasteiger partial charge < -0.3 is 34.2 Å². The molecule has 0 aliphatic carbocycles. The van der Waals surface area contributed by atoms with Gasteiger partial charge in [-0.15, -0.1) is 0 Å². The second kappa shape index (κ2) is 58.8. The van der Waals surface area contributed by atoms with E-state index in [9.17, 15) is 43.5 Å². The molecule has 0 saturated carbocycles. The van der Waals surface area contributed by atoms with E-state index < -0.39 is 91.5 Å². The van der Waals surface area contributed by atoms with Gasteiger partial charge in [-0.05, 0) is 116 Å². The van der Waals surface area contributed by atoms with Gasteiger partial charge >= 0.3 is 33.6 Å². The van der Waals surface area contributed by atoms with Crippen LogP contribution in [0.15, 0.2) is 97.2 Å². The summed E-state index contributed by atoms with van der Waals surface area (Å²) in [6.07, 6.45) is 61.8. The molecule has 83 heavy (non-hydrogen) atoms. The number of allylic oxidation sites excluding steroid dienone is 16. The van der Waals surface area contributed by atoms with Crippen molar-refractivity contribution in [1.29, 1.82) is 0 Å². The summed E-state index contributed by atoms with van der Waals surface area (Å²) in [5, 5.41) is 20.5. The van der Waals surface area contributed by atoms with Crippen molar-refractivity contribution in [2.24, 2.45) is 0 Å². The van der Waals surface area contributed by atoms with Gasteiger partial charge in [0.05, 0.1) is 26.4 Å². The van der Waals surface area contributed by atoms with Crippen LogP contribution in [0.25, 0.3) is 0 Å². The van der Waals surface area contributed by atoms with E-state index in [1.165, 1.54) is 38.5 Å². The van der Waals surface area contributed by atoms with Crippen molar-refractivity contribution in [3.63, 3.8) is 0 Å². The lowest BCUT2D eigenvalue weighted by atomic mass is 10.1. The Morgan fingerprint density at radius 2 is 0.639 bits per heavy atom. The van der Waals surface area contributed by atoms with Gasteiger partial charge in [0.1, 0.15) is 25.4 Å². The Bertz CT molecular complexity index is 1910. The molecule has 5 atom stereocenters. The van der Waals surface area contributed by atoms with Crippen molar-refractivity contribution in [3.05, 3.63) is 97.2 Å². The second-order valence-electron chi connectivity index (χ2n) is 20.8. The van der Waals surface area contributed by atoms with Gasteiger partial charge in [0.25, 0.3) is 0 Å². The summed E-state index contributed by atoms with van der Waals surface area (Å²) in [6, 6.07) is 0. The van der Waals surface area contributed by atoms with E-state index >= 15 is 0 Å². The molecule has 0 aliphatic rings. The first-order valence-electron chi connectivity index (χ1n) is 31.5. The normalized spacial score (nSPS) is 15.0. The van der Waals surface area contributed by atoms with Crippen LogP contribution in [0, 0.1) is 0 Å². The molecule has 0 radical (unpaired) electrons. The number of phosphoric acid groups is 2. The molecule has 18 heteroatoms. The molecule has 0 saturated heterocycles. The Morgan fingerprint density at radius 1 is 0.349 bits per heavy atom. The van der Waals surface area contributed by atoms with E-state index in [1.54, 1.807) is 0 Å². The van der Waals surface area contributed by atoms with Crippen molar-refractivity contribution < 1.29 is 75.8 Å². The molecular formula is C65H112O16P2. The quantitative estimate of drug-likeness (QED) is 0.0146. The molecule has 0 aliphatic heterocycles. The summed E-state index contributed by atoms with van der Waals surface area (Å²) in [6.45, 7) is 2.36. The van der Waals surface area contributed by atoms with Crippen LogP contribution in [0.5, 0.6) is 0 Å². The fourth-order valence-corrected chi connectivity index (χ4v) is 9.57. The second-order valence-corrected chi connectivity index (χ2v) is 23.7. The summed E-state index contributed by atoms with van der Waals surface area (Å²) in [4.78, 5) is 58.2. The van der Waals surface area contributed by atoms with Crippen molar-refractivity contribution in [2.45, 2.75) is 257 Å². The molecule has 5 unspecified atom stereocenters. The van der Waals surface area contributed by atoms with Gasteiger partial charge in [-0.3, -0.25) is 32.5 Å². The lowest BCUT2D eigenvalue weighted by Gasteiger charge is -2.21. The van der Waals surface area contributed by atoms with E-state index in [4.69, 9.17) is 32.3 Å². The molecule has 0 aromatic heterocycles. The Hall–Kier alpha value is -3.53. The maximum absolute atomic E-state index is 12.9. The first-order valence-corrected chi connectivity index (χ1v) is 34.5. The highest BCUT2D eigenvalue weighted by Crippen LogP contribution is 2.45. The van der Waals surface area contributed by atoms with Crippen LogP contribution in [0.2, 0.25) is 0 Å². The number of carbonyl (C=O) groups is 3. The lowest BCUT2D eigenvalue weighted by molar-refractivity contribution is -0.161. The largest absolute Gasteiger partial charge is 0.472 e. The number of aliphatic hydroxyl groups excluding tert-OH is 2. The van der Waals surface area contributed by atoms with Crippen LogP contribution < -0.4 is 0 Å². The topological polar surface area (TPSA) is 231 Å². The third kappa shape index (κ3) is 60.0. The number of unbranched alkanes of at least 4 members (excludes halogenated alkanes) is 20. The molecule has 0 fully saturated rings. The van der Waals surface area contributed by atoms with E-state index in [1.807, 2.05) is 0 Å². The van der Waals surface area contributed by atoms with E-state index in [2.05, 4.69) is 118 Å². The number of hydrogen-bond donors (Lipinski definition) is 4. The SMILES string of the molecule is CC/C=C\C/C=C\C/C=C\C/C=C\CCCCCCC(=O)OCC(O)COP(=O)(O)OCC(O)COP(=O)(O)OCC(COC(=O)CCCCCCC/C=C\C/C=C\C/C=C\CC)OC(=O)CCCCCCC/C=C\CCCCCCCC. The standard InChI is InChI=1S/C65H112O16P2/c1-4-7-10-13-16-19-22-25-28-29-32-34-36-39-42-45-48-51-63(68)75-54-60(66)55-77-82(71,72)78-56-61(67)57-79-83(73,74)80-59-62(81-65(70)53-50-47-44-41-38-35-31-27-24-21-18-15-12-9-6-3)58-76-64(69)52-49-46-43-40-37-33-30-26-23-20-17-14-11-8-5-2/h7-8,10-11,16-17,19-20,25-28,30-32,34,60-62,66-67H,4-6,9,12-15,18,21-24,29,33,35-59H2,1-3H3,(H,71,72)(H,73,74)/b10-7-,11-8-,19-16-,20-17-,28-25-,30-26-,31-27-,34-32-. The highest BCUT2D eigenvalue weighted by Gasteiger charge is 2.29. The number of phosphoric ester groups is 2. The average molecular weight is 1210 g/mol. The van der Waals surface area contributed by atoms with Crippen molar-refractivity contribution in [2.75, 3.05) is 39.6 Å². The molecular weight excluding hydrogens is 1100 g/mol. The monoisotopic (exact) mass is 1210 g/mol. The van der Waals surface area contributed by atoms with Crippen LogP contribution in [0.1, 0.15) is 239 Å². The lowest BCUT2D eigenvalue weighted by Crippen LogP contribution is -2.30. The van der Waals surface area contributed by atoms with Crippen LogP contribution >= 0.6 is 15.6 Å². The molecule has 0 bridgehead atoms. The summed E-state index contributed by atoms with van der Waals surface area (Å²) in [5.74, 6) is -1.63. The maximum atomic E-state index is 12.9. The highest BCUT2D eigenvalue weighted by atomic mass is 31.2. The van der Waals surface area contributed by atoms with Crippen LogP contribution in [0.3, 0.4) is 0 Å². The van der Waals surface area contributed by atoms with Gasteiger partial charge in [-0.1, -0.05) is 201 Å². The van der Waals surface area contributed by atoms with Gasteiger partial charge in [-0.25, -0.2) is 9.13 Å². The third-order valence-corrected chi connectivity index (χ3v) is 14.7. The van der Waals surface area contributed by atoms with Gasteiger partial charge in [0.2, 0.25) is 0 Å². The van der Waals surface area contributed by atoms with E-state index in [-0.39, 0.29) is 19.3 Å². The summed E-state index contributed by atoms with van der Waals surface area (Å²) in [7, 11) is -9.78. The number of hydrogen-bond acceptors (Lipinski definition) is 14. The molecule has 0 spiro atoms. The minimum atomic E-state index is -4.93. The Kier molecular flexibility index (Phi) is 56.3. The predicted octanol–water partition coefficient (Wildman–Crippen LogP) is 16.7. The maximum Gasteiger partial charge on any atom is 0.472 e. The number of esters is 3. The molecule has 0 aromatic rings. The fourth-order valence-electron chi connectivity index (χ4n) is 7.98. The average Bonchev–Trinajstić information content (AvgIpc) is 3.47. The Labute approximate surface area is 501 Å². The van der Waals surface area contributed by atoms with Gasteiger partial charge in [0, 0.05) is 19.3 Å². The minimum Gasteiger partial charge on any atom is -0.463 e. The fraction of sp³-hybridized carbons (Fsp3) is 0.708. The molecule has 0 heterocycles. The van der Waals surface area contributed by atoms with Crippen molar-refractivity contribution >= 4 is 33.6 Å².